The first-order chi connectivity index (χ1) is 8.92. The molecule has 0 aromatic heterocycles. The van der Waals surface area contributed by atoms with Gasteiger partial charge < -0.3 is 10.5 Å². The van der Waals surface area contributed by atoms with Crippen LogP contribution < -0.4 is 10.5 Å². The van der Waals surface area contributed by atoms with Crippen molar-refractivity contribution in [2.24, 2.45) is 5.73 Å². The summed E-state index contributed by atoms with van der Waals surface area (Å²) in [4.78, 5) is 11.6. The molecule has 0 amide bonds. The normalized spacial score (nSPS) is 11.3. The molecule has 1 aromatic rings. The Balaban J connectivity index is 3.04. The fraction of sp³-hybridized carbons (Fsp3) is 0.364. The topological polar surface area (TPSA) is 98.5 Å². The molecule has 0 bridgehead atoms. The third-order valence-electron chi connectivity index (χ3n) is 2.17. The summed E-state index contributed by atoms with van der Waals surface area (Å²) in [5.41, 5.74) is 5.53. The summed E-state index contributed by atoms with van der Waals surface area (Å²) in [5.74, 6) is -0.498. The van der Waals surface area contributed by atoms with Crippen LogP contribution in [0.15, 0.2) is 27.6 Å². The molecule has 0 saturated carbocycles. The van der Waals surface area contributed by atoms with Crippen LogP contribution in [0.25, 0.3) is 0 Å². The van der Waals surface area contributed by atoms with Crippen molar-refractivity contribution in [3.05, 3.63) is 28.2 Å². The van der Waals surface area contributed by atoms with E-state index in [9.17, 15) is 13.2 Å². The number of hydrogen-bond acceptors (Lipinski definition) is 5. The molecule has 0 aliphatic carbocycles. The van der Waals surface area contributed by atoms with Crippen molar-refractivity contribution in [3.8, 4) is 0 Å². The summed E-state index contributed by atoms with van der Waals surface area (Å²) in [6.07, 6.45) is 0. The predicted octanol–water partition coefficient (Wildman–Crippen LogP) is 0.863. The van der Waals surface area contributed by atoms with Crippen LogP contribution in [0.1, 0.15) is 17.3 Å². The second-order valence-corrected chi connectivity index (χ2v) is 6.14. The third kappa shape index (κ3) is 4.27. The molecule has 1 aromatic carbocycles. The van der Waals surface area contributed by atoms with Gasteiger partial charge in [-0.05, 0) is 41.1 Å². The zero-order chi connectivity index (χ0) is 14.5. The lowest BCUT2D eigenvalue weighted by Gasteiger charge is -2.09. The van der Waals surface area contributed by atoms with Crippen LogP contribution in [0.2, 0.25) is 0 Å². The van der Waals surface area contributed by atoms with Crippen LogP contribution >= 0.6 is 15.9 Å². The van der Waals surface area contributed by atoms with Crippen molar-refractivity contribution in [1.29, 1.82) is 0 Å². The molecule has 0 aliphatic rings. The number of rotatable bonds is 6. The van der Waals surface area contributed by atoms with Gasteiger partial charge in [0.1, 0.15) is 0 Å². The summed E-state index contributed by atoms with van der Waals surface area (Å²) in [6.45, 7) is 2.31. The van der Waals surface area contributed by atoms with E-state index in [1.54, 1.807) is 6.92 Å². The Morgan fingerprint density at radius 2 is 2.16 bits per heavy atom. The first-order valence-corrected chi connectivity index (χ1v) is 7.86. The molecule has 0 spiro atoms. The van der Waals surface area contributed by atoms with Gasteiger partial charge in [-0.25, -0.2) is 17.9 Å². The van der Waals surface area contributed by atoms with E-state index in [0.717, 1.165) is 0 Å². The lowest BCUT2D eigenvalue weighted by molar-refractivity contribution is 0.0526. The maximum atomic E-state index is 11.9. The number of halogens is 1. The van der Waals surface area contributed by atoms with Crippen LogP contribution in [-0.2, 0) is 14.8 Å². The summed E-state index contributed by atoms with van der Waals surface area (Å²) >= 11 is 3.14. The molecule has 1 rings (SSSR count). The largest absolute Gasteiger partial charge is 0.462 e. The molecule has 0 saturated heterocycles. The highest BCUT2D eigenvalue weighted by Gasteiger charge is 2.18. The van der Waals surface area contributed by atoms with E-state index < -0.39 is 16.0 Å². The number of nitrogens with one attached hydrogen (secondary N) is 1. The van der Waals surface area contributed by atoms with Gasteiger partial charge >= 0.3 is 5.97 Å². The first kappa shape index (κ1) is 16.1. The van der Waals surface area contributed by atoms with Crippen molar-refractivity contribution in [2.75, 3.05) is 19.7 Å². The summed E-state index contributed by atoms with van der Waals surface area (Å²) in [6, 6.07) is 4.16. The van der Waals surface area contributed by atoms with Gasteiger partial charge in [-0.1, -0.05) is 0 Å². The van der Waals surface area contributed by atoms with Crippen molar-refractivity contribution in [2.45, 2.75) is 11.8 Å². The number of nitrogens with two attached hydrogens (primary N) is 1. The molecular weight excluding hydrogens is 336 g/mol. The number of benzene rings is 1. The smallest absolute Gasteiger partial charge is 0.338 e. The molecule has 0 fully saturated rings. The number of sulfonamides is 1. The van der Waals surface area contributed by atoms with Gasteiger partial charge in [-0.2, -0.15) is 0 Å². The van der Waals surface area contributed by atoms with Crippen LogP contribution in [0.3, 0.4) is 0 Å². The summed E-state index contributed by atoms with van der Waals surface area (Å²) < 4.78 is 31.3. The average Bonchev–Trinajstić information content (AvgIpc) is 2.36. The van der Waals surface area contributed by atoms with Gasteiger partial charge in [-0.15, -0.1) is 0 Å². The number of carbonyl (C=O) groups is 1. The Kier molecular flexibility index (Phi) is 5.92. The van der Waals surface area contributed by atoms with Crippen molar-refractivity contribution in [3.63, 3.8) is 0 Å². The molecular formula is C11H15BrN2O4S. The predicted molar refractivity (Wildman–Crippen MR) is 74.3 cm³/mol. The SMILES string of the molecule is CCOC(=O)c1ccc(S(=O)(=O)NCCN)c(Br)c1. The second kappa shape index (κ2) is 6.99. The van der Waals surface area contributed by atoms with Crippen LogP contribution in [0, 0.1) is 0 Å². The molecule has 8 heteroatoms. The monoisotopic (exact) mass is 350 g/mol. The molecule has 0 radical (unpaired) electrons. The average molecular weight is 351 g/mol. The highest BCUT2D eigenvalue weighted by molar-refractivity contribution is 9.10. The fourth-order valence-electron chi connectivity index (χ4n) is 1.33. The molecule has 0 heterocycles. The van der Waals surface area contributed by atoms with E-state index in [-0.39, 0.29) is 30.2 Å². The molecule has 0 unspecified atom stereocenters. The quantitative estimate of drug-likeness (QED) is 0.741. The number of hydrogen-bond donors (Lipinski definition) is 2. The molecule has 19 heavy (non-hydrogen) atoms. The van der Waals surface area contributed by atoms with E-state index >= 15 is 0 Å². The summed E-state index contributed by atoms with van der Waals surface area (Å²) in [7, 11) is -3.64. The van der Waals surface area contributed by atoms with Gasteiger partial charge in [0.15, 0.2) is 0 Å². The van der Waals surface area contributed by atoms with Crippen molar-refractivity contribution in [1.82, 2.24) is 4.72 Å². The van der Waals surface area contributed by atoms with E-state index in [4.69, 9.17) is 10.5 Å². The Hall–Kier alpha value is -0.960. The van der Waals surface area contributed by atoms with Crippen LogP contribution in [-0.4, -0.2) is 34.1 Å². The molecule has 6 nitrogen and oxygen atoms in total. The van der Waals surface area contributed by atoms with Crippen molar-refractivity contribution >= 4 is 31.9 Å². The minimum absolute atomic E-state index is 0.0500. The first-order valence-electron chi connectivity index (χ1n) is 5.58. The van der Waals surface area contributed by atoms with E-state index in [0.29, 0.717) is 4.47 Å². The Labute approximate surface area is 120 Å². The Morgan fingerprint density at radius 3 is 2.68 bits per heavy atom. The number of carbonyl (C=O) groups excluding carboxylic acids is 1. The van der Waals surface area contributed by atoms with Gasteiger partial charge in [0.05, 0.1) is 17.1 Å². The van der Waals surface area contributed by atoms with Gasteiger partial charge in [0.25, 0.3) is 0 Å². The Bertz CT molecular complexity index is 560. The Morgan fingerprint density at radius 1 is 1.47 bits per heavy atom. The van der Waals surface area contributed by atoms with Gasteiger partial charge in [0.2, 0.25) is 10.0 Å². The standard InChI is InChI=1S/C11H15BrN2O4S/c1-2-18-11(15)8-3-4-10(9(12)7-8)19(16,17)14-6-5-13/h3-4,7,14H,2,5-6,13H2,1H3. The number of ether oxygens (including phenoxy) is 1. The van der Waals surface area contributed by atoms with Gasteiger partial charge in [-0.3, -0.25) is 0 Å². The molecule has 0 atom stereocenters. The van der Waals surface area contributed by atoms with Crippen LogP contribution in [0.4, 0.5) is 0 Å². The lowest BCUT2D eigenvalue weighted by atomic mass is 10.2. The van der Waals surface area contributed by atoms with E-state index in [1.165, 1.54) is 18.2 Å². The van der Waals surface area contributed by atoms with Crippen molar-refractivity contribution < 1.29 is 17.9 Å². The zero-order valence-electron chi connectivity index (χ0n) is 10.3. The molecule has 0 aliphatic heterocycles. The fourth-order valence-corrected chi connectivity index (χ4v) is 3.45. The molecule has 106 valence electrons. The maximum Gasteiger partial charge on any atom is 0.338 e. The lowest BCUT2D eigenvalue weighted by Crippen LogP contribution is -2.29. The van der Waals surface area contributed by atoms with E-state index in [2.05, 4.69) is 20.7 Å². The second-order valence-electron chi connectivity index (χ2n) is 3.55. The highest BCUT2D eigenvalue weighted by atomic mass is 79.9. The zero-order valence-corrected chi connectivity index (χ0v) is 12.8. The highest BCUT2D eigenvalue weighted by Crippen LogP contribution is 2.23. The minimum atomic E-state index is -3.64. The van der Waals surface area contributed by atoms with E-state index in [1.807, 2.05) is 0 Å². The summed E-state index contributed by atoms with van der Waals surface area (Å²) in [5, 5.41) is 0. The number of esters is 1. The van der Waals surface area contributed by atoms with Gasteiger partial charge in [0, 0.05) is 17.6 Å². The minimum Gasteiger partial charge on any atom is -0.462 e. The maximum absolute atomic E-state index is 11.9. The molecule has 3 N–H and O–H groups in total. The van der Waals surface area contributed by atoms with Crippen LogP contribution in [0.5, 0.6) is 0 Å². The third-order valence-corrected chi connectivity index (χ3v) is 4.61.